The third-order valence-corrected chi connectivity index (χ3v) is 14.1. The van der Waals surface area contributed by atoms with E-state index >= 15 is 0 Å². The Kier molecular flexibility index (Phi) is 8.02. The number of H-pyrrole nitrogens is 1. The largest absolute Gasteiger partial charge is 0.360 e. The van der Waals surface area contributed by atoms with Gasteiger partial charge in [0.05, 0.1) is 39.4 Å². The summed E-state index contributed by atoms with van der Waals surface area (Å²) >= 11 is 1.88. The molecule has 5 heteroatoms. The van der Waals surface area contributed by atoms with Gasteiger partial charge in [0, 0.05) is 38.5 Å². The fraction of sp³-hybridized carbons (Fsp3) is 0.0172. The molecule has 1 aliphatic heterocycles. The number of pyridine rings is 3. The molecular formula is C58H36N4S. The summed E-state index contributed by atoms with van der Waals surface area (Å²) in [4.78, 5) is 21.1. The molecule has 0 bridgehead atoms. The van der Waals surface area contributed by atoms with Crippen LogP contribution < -0.4 is 0 Å². The molecule has 1 spiro atoms. The van der Waals surface area contributed by atoms with Crippen LogP contribution in [0.2, 0.25) is 0 Å². The second-order valence-electron chi connectivity index (χ2n) is 16.4. The summed E-state index contributed by atoms with van der Waals surface area (Å²) in [5.74, 6) is 0. The van der Waals surface area contributed by atoms with E-state index in [-0.39, 0.29) is 0 Å². The van der Waals surface area contributed by atoms with Crippen molar-refractivity contribution in [2.45, 2.75) is 15.2 Å². The van der Waals surface area contributed by atoms with E-state index in [2.05, 4.69) is 186 Å². The Balaban J connectivity index is 0.991. The zero-order valence-electron chi connectivity index (χ0n) is 34.0. The molecule has 1 aliphatic carbocycles. The van der Waals surface area contributed by atoms with Crippen LogP contribution in [0, 0.1) is 0 Å². The summed E-state index contributed by atoms with van der Waals surface area (Å²) in [6.07, 6.45) is 3.74. The van der Waals surface area contributed by atoms with Gasteiger partial charge in [0.15, 0.2) is 0 Å². The highest BCUT2D eigenvalue weighted by molar-refractivity contribution is 7.99. The van der Waals surface area contributed by atoms with Gasteiger partial charge in [-0.1, -0.05) is 145 Å². The quantitative estimate of drug-likeness (QED) is 0.176. The fourth-order valence-corrected chi connectivity index (χ4v) is 11.4. The minimum atomic E-state index is -0.460. The minimum absolute atomic E-state index is 0.460. The molecular weight excluding hydrogens is 785 g/mol. The summed E-state index contributed by atoms with van der Waals surface area (Å²) in [5, 5.41) is 3.50. The standard InChI is InChI=1S/C58H36N4S/c1-2-13-38(14-3-1)57-45-34-44-41-15-4-5-16-46(41)58(47-17-6-8-21-55(47)63-56-22-9-7-18-48(56)58)49(44)35-43(45)42-28-27-39(31-52(42)62-57)36-23-25-37(26-24-36)40-32-53(50-19-10-11-29-59-50)61-54(33-40)51-20-12-30-60-51/h1-35,60H. The average Bonchev–Trinajstić information content (AvgIpc) is 4.00. The first-order chi connectivity index (χ1) is 31.2. The lowest BCUT2D eigenvalue weighted by Gasteiger charge is -2.39. The van der Waals surface area contributed by atoms with E-state index < -0.39 is 5.41 Å². The van der Waals surface area contributed by atoms with Gasteiger partial charge in [-0.15, -0.1) is 0 Å². The smallest absolute Gasteiger partial charge is 0.0900 e. The second-order valence-corrected chi connectivity index (χ2v) is 17.5. The maximum absolute atomic E-state index is 5.54. The Labute approximate surface area is 369 Å². The topological polar surface area (TPSA) is 54.5 Å². The molecule has 0 radical (unpaired) electrons. The molecule has 63 heavy (non-hydrogen) atoms. The molecule has 0 unspecified atom stereocenters. The highest BCUT2D eigenvalue weighted by Gasteiger charge is 2.50. The molecule has 0 saturated heterocycles. The normalized spacial score (nSPS) is 13.1. The SMILES string of the molecule is c1ccc(-c2nc3cc(-c4ccc(-c5cc(-c6ccccn6)nc(-c6ccc[nH]6)c5)cc4)ccc3c3cc4c(cc23)-c2ccccc2C42c3ccccc3Sc3ccccc32)cc1. The van der Waals surface area contributed by atoms with Crippen molar-refractivity contribution in [3.63, 3.8) is 0 Å². The van der Waals surface area contributed by atoms with E-state index in [0.29, 0.717) is 0 Å². The molecule has 2 aliphatic rings. The Bertz CT molecular complexity index is 3540. The van der Waals surface area contributed by atoms with Gasteiger partial charge < -0.3 is 4.98 Å². The molecule has 0 amide bonds. The Hall–Kier alpha value is -7.86. The molecule has 0 saturated carbocycles. The van der Waals surface area contributed by atoms with Crippen LogP contribution in [0.4, 0.5) is 0 Å². The van der Waals surface area contributed by atoms with Crippen molar-refractivity contribution in [1.29, 1.82) is 0 Å². The summed E-state index contributed by atoms with van der Waals surface area (Å²) in [5.41, 5.74) is 18.4. The monoisotopic (exact) mass is 820 g/mol. The van der Waals surface area contributed by atoms with Gasteiger partial charge in [0.2, 0.25) is 0 Å². The summed E-state index contributed by atoms with van der Waals surface area (Å²) in [7, 11) is 0. The molecule has 13 rings (SSSR count). The lowest BCUT2D eigenvalue weighted by molar-refractivity contribution is 0.723. The third-order valence-electron chi connectivity index (χ3n) is 13.0. The third kappa shape index (κ3) is 5.53. The van der Waals surface area contributed by atoms with Gasteiger partial charge in [-0.05, 0) is 128 Å². The van der Waals surface area contributed by atoms with Crippen LogP contribution in [-0.2, 0) is 5.41 Å². The number of benzene rings is 7. The summed E-state index contributed by atoms with van der Waals surface area (Å²) in [6, 6.07) is 72.6. The number of hydrogen-bond donors (Lipinski definition) is 1. The first-order valence-corrected chi connectivity index (χ1v) is 22.1. The molecule has 1 N–H and O–H groups in total. The predicted octanol–water partition coefficient (Wildman–Crippen LogP) is 14.7. The van der Waals surface area contributed by atoms with Gasteiger partial charge in [0.25, 0.3) is 0 Å². The Morgan fingerprint density at radius 2 is 1.08 bits per heavy atom. The first-order valence-electron chi connectivity index (χ1n) is 21.3. The number of hydrogen-bond acceptors (Lipinski definition) is 4. The van der Waals surface area contributed by atoms with E-state index in [4.69, 9.17) is 9.97 Å². The lowest BCUT2D eigenvalue weighted by Crippen LogP contribution is -2.31. The molecule has 4 aromatic heterocycles. The highest BCUT2D eigenvalue weighted by atomic mass is 32.2. The van der Waals surface area contributed by atoms with E-state index in [1.807, 2.05) is 48.4 Å². The van der Waals surface area contributed by atoms with Crippen LogP contribution in [0.25, 0.3) is 89.1 Å². The van der Waals surface area contributed by atoms with Crippen molar-refractivity contribution < 1.29 is 0 Å². The molecule has 5 heterocycles. The van der Waals surface area contributed by atoms with Gasteiger partial charge in [-0.2, -0.15) is 0 Å². The number of aromatic nitrogens is 4. The molecule has 294 valence electrons. The highest BCUT2D eigenvalue weighted by Crippen LogP contribution is 2.63. The summed E-state index contributed by atoms with van der Waals surface area (Å²) in [6.45, 7) is 0. The average molecular weight is 821 g/mol. The molecule has 11 aromatic rings. The second kappa shape index (κ2) is 14.1. The lowest BCUT2D eigenvalue weighted by atomic mass is 9.67. The number of aromatic amines is 1. The van der Waals surface area contributed by atoms with Crippen molar-refractivity contribution >= 4 is 33.4 Å². The maximum Gasteiger partial charge on any atom is 0.0900 e. The van der Waals surface area contributed by atoms with Crippen LogP contribution in [0.1, 0.15) is 22.3 Å². The van der Waals surface area contributed by atoms with Crippen LogP contribution in [0.15, 0.2) is 222 Å². The molecule has 7 aromatic carbocycles. The zero-order chi connectivity index (χ0) is 41.5. The van der Waals surface area contributed by atoms with Crippen LogP contribution >= 0.6 is 11.8 Å². The molecule has 0 atom stereocenters. The van der Waals surface area contributed by atoms with E-state index in [0.717, 1.165) is 72.6 Å². The fourth-order valence-electron chi connectivity index (χ4n) is 10.2. The summed E-state index contributed by atoms with van der Waals surface area (Å²) < 4.78 is 0. The van der Waals surface area contributed by atoms with Crippen LogP contribution in [0.5, 0.6) is 0 Å². The molecule has 0 fully saturated rings. The van der Waals surface area contributed by atoms with Crippen molar-refractivity contribution in [3.8, 4) is 67.4 Å². The van der Waals surface area contributed by atoms with E-state index in [1.54, 1.807) is 0 Å². The number of nitrogens with zero attached hydrogens (tertiary/aromatic N) is 3. The number of rotatable bonds is 5. The first kappa shape index (κ1) is 35.9. The van der Waals surface area contributed by atoms with E-state index in [9.17, 15) is 0 Å². The minimum Gasteiger partial charge on any atom is -0.360 e. The van der Waals surface area contributed by atoms with Gasteiger partial charge in [-0.25, -0.2) is 9.97 Å². The Morgan fingerprint density at radius 3 is 1.83 bits per heavy atom. The zero-order valence-corrected chi connectivity index (χ0v) is 34.8. The van der Waals surface area contributed by atoms with Crippen molar-refractivity contribution in [1.82, 2.24) is 19.9 Å². The Morgan fingerprint density at radius 1 is 0.397 bits per heavy atom. The number of fused-ring (bicyclic) bond motifs is 12. The van der Waals surface area contributed by atoms with Crippen LogP contribution in [0.3, 0.4) is 0 Å². The van der Waals surface area contributed by atoms with Crippen molar-refractivity contribution in [2.24, 2.45) is 0 Å². The van der Waals surface area contributed by atoms with Crippen LogP contribution in [-0.4, -0.2) is 19.9 Å². The van der Waals surface area contributed by atoms with Crippen molar-refractivity contribution in [2.75, 3.05) is 0 Å². The predicted molar refractivity (Wildman–Crippen MR) is 258 cm³/mol. The van der Waals surface area contributed by atoms with Gasteiger partial charge in [0.1, 0.15) is 0 Å². The van der Waals surface area contributed by atoms with Gasteiger partial charge >= 0.3 is 0 Å². The van der Waals surface area contributed by atoms with Crippen molar-refractivity contribution in [3.05, 3.63) is 235 Å². The van der Waals surface area contributed by atoms with Gasteiger partial charge in [-0.3, -0.25) is 4.98 Å². The maximum atomic E-state index is 5.54. The molecule has 4 nitrogen and oxygen atoms in total. The van der Waals surface area contributed by atoms with E-state index in [1.165, 1.54) is 48.6 Å². The number of nitrogens with one attached hydrogen (secondary N) is 1.